The van der Waals surface area contributed by atoms with Gasteiger partial charge in [0.2, 0.25) is 0 Å². The molecule has 2 rings (SSSR count). The number of nitrogens with zero attached hydrogens (tertiary/aromatic N) is 1. The fourth-order valence-corrected chi connectivity index (χ4v) is 2.85. The third-order valence-electron chi connectivity index (χ3n) is 2.77. The summed E-state index contributed by atoms with van der Waals surface area (Å²) in [5, 5.41) is 18.6. The molecule has 0 saturated carbocycles. The van der Waals surface area contributed by atoms with Gasteiger partial charge in [0.25, 0.3) is 10.0 Å². The second kappa shape index (κ2) is 5.01. The second-order valence-electron chi connectivity index (χ2n) is 4.11. The van der Waals surface area contributed by atoms with E-state index in [1.807, 2.05) is 0 Å². The Balaban J connectivity index is 2.46. The third kappa shape index (κ3) is 2.53. The van der Waals surface area contributed by atoms with Crippen molar-refractivity contribution in [1.82, 2.24) is 0 Å². The molecule has 0 aliphatic heterocycles. The lowest BCUT2D eigenvalue weighted by Crippen LogP contribution is -2.26. The minimum atomic E-state index is -3.95. The number of benzene rings is 2. The molecule has 0 amide bonds. The van der Waals surface area contributed by atoms with Crippen molar-refractivity contribution in [3.63, 3.8) is 0 Å². The Morgan fingerprint density at radius 2 is 1.80 bits per heavy atom. The highest BCUT2D eigenvalue weighted by Gasteiger charge is 2.22. The molecule has 7 heteroatoms. The van der Waals surface area contributed by atoms with Crippen LogP contribution in [0.5, 0.6) is 11.5 Å². The van der Waals surface area contributed by atoms with E-state index in [9.17, 15) is 23.0 Å². The number of halogens is 1. The predicted octanol–water partition coefficient (Wildman–Crippen LogP) is 2.06. The number of hydrogen-bond acceptors (Lipinski definition) is 4. The molecule has 0 saturated heterocycles. The highest BCUT2D eigenvalue weighted by Crippen LogP contribution is 2.27. The summed E-state index contributed by atoms with van der Waals surface area (Å²) in [6, 6.07) is 8.46. The second-order valence-corrected chi connectivity index (χ2v) is 6.07. The first-order valence-electron chi connectivity index (χ1n) is 5.59. The van der Waals surface area contributed by atoms with E-state index in [4.69, 9.17) is 0 Å². The normalized spacial score (nSPS) is 11.3. The Kier molecular flexibility index (Phi) is 3.54. The van der Waals surface area contributed by atoms with Crippen molar-refractivity contribution in [2.75, 3.05) is 11.4 Å². The third-order valence-corrected chi connectivity index (χ3v) is 4.55. The van der Waals surface area contributed by atoms with Gasteiger partial charge >= 0.3 is 0 Å². The molecule has 106 valence electrons. The molecular weight excluding hydrogens is 285 g/mol. The molecule has 0 bridgehead atoms. The van der Waals surface area contributed by atoms with Crippen molar-refractivity contribution in [3.05, 3.63) is 48.3 Å². The van der Waals surface area contributed by atoms with Crippen LogP contribution in [-0.4, -0.2) is 25.7 Å². The van der Waals surface area contributed by atoms with Gasteiger partial charge in [0.1, 0.15) is 5.75 Å². The first-order chi connectivity index (χ1) is 9.32. The van der Waals surface area contributed by atoms with Crippen LogP contribution >= 0.6 is 0 Å². The average Bonchev–Trinajstić information content (AvgIpc) is 2.40. The molecule has 2 aromatic carbocycles. The van der Waals surface area contributed by atoms with Gasteiger partial charge in [-0.2, -0.15) is 0 Å². The van der Waals surface area contributed by atoms with E-state index >= 15 is 0 Å². The lowest BCUT2D eigenvalue weighted by Gasteiger charge is -2.19. The van der Waals surface area contributed by atoms with Crippen molar-refractivity contribution < 1.29 is 23.0 Å². The molecule has 5 nitrogen and oxygen atoms in total. The van der Waals surface area contributed by atoms with E-state index in [2.05, 4.69) is 0 Å². The van der Waals surface area contributed by atoms with Crippen LogP contribution in [-0.2, 0) is 10.0 Å². The van der Waals surface area contributed by atoms with Gasteiger partial charge in [0.05, 0.1) is 10.6 Å². The van der Waals surface area contributed by atoms with Gasteiger partial charge in [-0.25, -0.2) is 12.8 Å². The first-order valence-corrected chi connectivity index (χ1v) is 7.03. The summed E-state index contributed by atoms with van der Waals surface area (Å²) in [6.45, 7) is 0. The highest BCUT2D eigenvalue weighted by atomic mass is 32.2. The minimum Gasteiger partial charge on any atom is -0.508 e. The van der Waals surface area contributed by atoms with Crippen LogP contribution in [0.3, 0.4) is 0 Å². The molecule has 0 spiro atoms. The maximum absolute atomic E-state index is 13.0. The van der Waals surface area contributed by atoms with E-state index in [-0.39, 0.29) is 16.3 Å². The lowest BCUT2D eigenvalue weighted by atomic mass is 10.3. The van der Waals surface area contributed by atoms with E-state index in [1.165, 1.54) is 31.3 Å². The lowest BCUT2D eigenvalue weighted by molar-refractivity contribution is 0.430. The molecule has 0 radical (unpaired) electrons. The van der Waals surface area contributed by atoms with Crippen LogP contribution < -0.4 is 4.31 Å². The molecule has 0 aliphatic rings. The number of hydrogen-bond donors (Lipinski definition) is 2. The zero-order chi connectivity index (χ0) is 14.9. The minimum absolute atomic E-state index is 0.0773. The maximum Gasteiger partial charge on any atom is 0.264 e. The van der Waals surface area contributed by atoms with Gasteiger partial charge in [-0.1, -0.05) is 6.07 Å². The van der Waals surface area contributed by atoms with Crippen molar-refractivity contribution in [2.45, 2.75) is 4.90 Å². The fourth-order valence-electron chi connectivity index (χ4n) is 1.64. The summed E-state index contributed by atoms with van der Waals surface area (Å²) in [6.07, 6.45) is 0. The zero-order valence-electron chi connectivity index (χ0n) is 10.5. The summed E-state index contributed by atoms with van der Waals surface area (Å²) in [7, 11) is -2.66. The van der Waals surface area contributed by atoms with Gasteiger partial charge in [-0.3, -0.25) is 4.31 Å². The van der Waals surface area contributed by atoms with Crippen LogP contribution in [0.25, 0.3) is 0 Å². The first kappa shape index (κ1) is 14.1. The number of aromatic hydroxyl groups is 2. The zero-order valence-corrected chi connectivity index (χ0v) is 11.3. The van der Waals surface area contributed by atoms with Crippen LogP contribution in [0.1, 0.15) is 0 Å². The van der Waals surface area contributed by atoms with E-state index in [0.717, 1.165) is 22.5 Å². The quantitative estimate of drug-likeness (QED) is 0.909. The molecule has 0 heterocycles. The highest BCUT2D eigenvalue weighted by molar-refractivity contribution is 7.92. The molecular formula is C13H12FNO4S. The van der Waals surface area contributed by atoms with Gasteiger partial charge in [0, 0.05) is 19.2 Å². The number of phenolic OH excluding ortho intramolecular Hbond substituents is 2. The largest absolute Gasteiger partial charge is 0.508 e. The molecule has 0 aromatic heterocycles. The number of rotatable bonds is 3. The summed E-state index contributed by atoms with van der Waals surface area (Å²) in [4.78, 5) is -0.248. The van der Waals surface area contributed by atoms with Crippen molar-refractivity contribution >= 4 is 15.7 Å². The summed E-state index contributed by atoms with van der Waals surface area (Å²) >= 11 is 0. The van der Waals surface area contributed by atoms with Gasteiger partial charge in [-0.15, -0.1) is 0 Å². The van der Waals surface area contributed by atoms with Gasteiger partial charge < -0.3 is 10.2 Å². The summed E-state index contributed by atoms with van der Waals surface area (Å²) in [5.74, 6) is -1.72. The summed E-state index contributed by atoms with van der Waals surface area (Å²) in [5.41, 5.74) is 0.244. The Hall–Kier alpha value is -2.28. The Morgan fingerprint density at radius 3 is 2.40 bits per heavy atom. The van der Waals surface area contributed by atoms with E-state index < -0.39 is 21.6 Å². The monoisotopic (exact) mass is 297 g/mol. The average molecular weight is 297 g/mol. The Labute approximate surface area is 115 Å². The smallest absolute Gasteiger partial charge is 0.264 e. The van der Waals surface area contributed by atoms with Crippen LogP contribution in [0, 0.1) is 5.82 Å². The Bertz CT molecular complexity index is 746. The van der Waals surface area contributed by atoms with Gasteiger partial charge in [-0.05, 0) is 24.3 Å². The van der Waals surface area contributed by atoms with E-state index in [0.29, 0.717) is 0 Å². The topological polar surface area (TPSA) is 77.8 Å². The van der Waals surface area contributed by atoms with Gasteiger partial charge in [0.15, 0.2) is 11.6 Å². The number of phenols is 2. The number of sulfonamides is 1. The van der Waals surface area contributed by atoms with E-state index in [1.54, 1.807) is 0 Å². The van der Waals surface area contributed by atoms with Crippen molar-refractivity contribution in [1.29, 1.82) is 0 Å². The van der Waals surface area contributed by atoms with Crippen LogP contribution in [0.2, 0.25) is 0 Å². The maximum atomic E-state index is 13.0. The SMILES string of the molecule is CN(c1cccc(O)c1)S(=O)(=O)c1ccc(F)c(O)c1. The molecule has 0 fully saturated rings. The fraction of sp³-hybridized carbons (Fsp3) is 0.0769. The molecule has 2 N–H and O–H groups in total. The van der Waals surface area contributed by atoms with Crippen molar-refractivity contribution in [2.24, 2.45) is 0 Å². The Morgan fingerprint density at radius 1 is 1.10 bits per heavy atom. The van der Waals surface area contributed by atoms with Crippen LogP contribution in [0.4, 0.5) is 10.1 Å². The molecule has 0 atom stereocenters. The predicted molar refractivity (Wildman–Crippen MR) is 71.8 cm³/mol. The van der Waals surface area contributed by atoms with Crippen LogP contribution in [0.15, 0.2) is 47.4 Å². The molecule has 20 heavy (non-hydrogen) atoms. The van der Waals surface area contributed by atoms with Crippen molar-refractivity contribution in [3.8, 4) is 11.5 Å². The molecule has 2 aromatic rings. The summed E-state index contributed by atoms with van der Waals surface area (Å²) < 4.78 is 38.5. The molecule has 0 aliphatic carbocycles. The standard InChI is InChI=1S/C13H12FNO4S/c1-15(9-3-2-4-10(16)7-9)20(18,19)11-5-6-12(14)13(17)8-11/h2-8,16-17H,1H3. The molecule has 0 unspecified atom stereocenters. The number of anilines is 1.